The minimum absolute atomic E-state index is 0.0926. The molecule has 6 nitrogen and oxygen atoms in total. The number of ether oxygens (including phenoxy) is 1. The van der Waals surface area contributed by atoms with Crippen molar-refractivity contribution in [3.8, 4) is 0 Å². The summed E-state index contributed by atoms with van der Waals surface area (Å²) >= 11 is 0. The summed E-state index contributed by atoms with van der Waals surface area (Å²) in [5, 5.41) is 7.57. The van der Waals surface area contributed by atoms with E-state index in [1.54, 1.807) is 7.11 Å². The number of hydrogen-bond acceptors (Lipinski definition) is 4. The van der Waals surface area contributed by atoms with E-state index in [0.29, 0.717) is 12.8 Å². The minimum atomic E-state index is -3.98. The summed E-state index contributed by atoms with van der Waals surface area (Å²) in [6.07, 6.45) is 1.40. The SMILES string of the molecule is COC1CC(NC(=O)c2cc(S(N)(=O)=O)ccc2F)C1. The fourth-order valence-electron chi connectivity index (χ4n) is 1.99. The van der Waals surface area contributed by atoms with Gasteiger partial charge in [0.05, 0.1) is 16.6 Å². The lowest BCUT2D eigenvalue weighted by Crippen LogP contribution is -2.47. The number of rotatable bonds is 4. The van der Waals surface area contributed by atoms with Crippen LogP contribution in [0.5, 0.6) is 0 Å². The maximum Gasteiger partial charge on any atom is 0.254 e. The van der Waals surface area contributed by atoms with Crippen LogP contribution >= 0.6 is 0 Å². The molecule has 0 radical (unpaired) electrons. The van der Waals surface area contributed by atoms with Crippen molar-refractivity contribution in [2.24, 2.45) is 5.14 Å². The van der Waals surface area contributed by atoms with Crippen LogP contribution in [-0.2, 0) is 14.8 Å². The van der Waals surface area contributed by atoms with E-state index in [9.17, 15) is 17.6 Å². The van der Waals surface area contributed by atoms with Gasteiger partial charge in [0.1, 0.15) is 5.82 Å². The third kappa shape index (κ3) is 3.14. The third-order valence-electron chi connectivity index (χ3n) is 3.27. The minimum Gasteiger partial charge on any atom is -0.381 e. The number of nitrogens with one attached hydrogen (secondary N) is 1. The molecule has 1 aromatic carbocycles. The van der Waals surface area contributed by atoms with Crippen molar-refractivity contribution in [2.75, 3.05) is 7.11 Å². The van der Waals surface area contributed by atoms with E-state index in [2.05, 4.69) is 5.32 Å². The quantitative estimate of drug-likeness (QED) is 0.840. The average Bonchev–Trinajstić information content (AvgIpc) is 2.31. The highest BCUT2D eigenvalue weighted by molar-refractivity contribution is 7.89. The lowest BCUT2D eigenvalue weighted by molar-refractivity contribution is 0.0175. The monoisotopic (exact) mass is 302 g/mol. The topological polar surface area (TPSA) is 98.5 Å². The molecule has 2 rings (SSSR count). The van der Waals surface area contributed by atoms with Crippen LogP contribution < -0.4 is 10.5 Å². The molecule has 0 aromatic heterocycles. The molecule has 1 aliphatic rings. The molecular weight excluding hydrogens is 287 g/mol. The van der Waals surface area contributed by atoms with Crippen molar-refractivity contribution in [1.82, 2.24) is 5.32 Å². The van der Waals surface area contributed by atoms with Gasteiger partial charge in [-0.2, -0.15) is 0 Å². The zero-order chi connectivity index (χ0) is 14.9. The van der Waals surface area contributed by atoms with Crippen LogP contribution in [0.4, 0.5) is 4.39 Å². The van der Waals surface area contributed by atoms with E-state index in [1.165, 1.54) is 0 Å². The number of hydrogen-bond donors (Lipinski definition) is 2. The molecule has 1 aromatic rings. The highest BCUT2D eigenvalue weighted by atomic mass is 32.2. The summed E-state index contributed by atoms with van der Waals surface area (Å²) in [6, 6.07) is 2.77. The molecule has 1 amide bonds. The molecule has 3 N–H and O–H groups in total. The van der Waals surface area contributed by atoms with E-state index in [0.717, 1.165) is 18.2 Å². The van der Waals surface area contributed by atoms with Crippen molar-refractivity contribution in [3.63, 3.8) is 0 Å². The predicted molar refractivity (Wildman–Crippen MR) is 69.1 cm³/mol. The molecule has 1 fully saturated rings. The number of primary sulfonamides is 1. The van der Waals surface area contributed by atoms with Gasteiger partial charge in [-0.25, -0.2) is 17.9 Å². The first-order chi connectivity index (χ1) is 9.31. The van der Waals surface area contributed by atoms with Crippen LogP contribution in [0.2, 0.25) is 0 Å². The van der Waals surface area contributed by atoms with Crippen molar-refractivity contribution in [3.05, 3.63) is 29.6 Å². The van der Waals surface area contributed by atoms with Crippen LogP contribution in [0.3, 0.4) is 0 Å². The lowest BCUT2D eigenvalue weighted by Gasteiger charge is -2.34. The molecule has 1 saturated carbocycles. The number of nitrogens with two attached hydrogens (primary N) is 1. The van der Waals surface area contributed by atoms with Gasteiger partial charge < -0.3 is 10.1 Å². The zero-order valence-corrected chi connectivity index (χ0v) is 11.6. The third-order valence-corrected chi connectivity index (χ3v) is 4.19. The Bertz CT molecular complexity index is 626. The van der Waals surface area contributed by atoms with Crippen LogP contribution in [0.15, 0.2) is 23.1 Å². The lowest BCUT2D eigenvalue weighted by atomic mass is 9.89. The Morgan fingerprint density at radius 3 is 2.65 bits per heavy atom. The van der Waals surface area contributed by atoms with E-state index in [-0.39, 0.29) is 22.6 Å². The van der Waals surface area contributed by atoms with Crippen molar-refractivity contribution in [1.29, 1.82) is 0 Å². The molecule has 0 atom stereocenters. The van der Waals surface area contributed by atoms with Crippen LogP contribution in [0.25, 0.3) is 0 Å². The van der Waals surface area contributed by atoms with Gasteiger partial charge in [0.2, 0.25) is 10.0 Å². The maximum atomic E-state index is 13.6. The summed E-state index contributed by atoms with van der Waals surface area (Å²) in [5.41, 5.74) is -0.336. The fourth-order valence-corrected chi connectivity index (χ4v) is 2.53. The standard InChI is InChI=1S/C12H15FN2O4S/c1-19-8-4-7(5-8)15-12(16)10-6-9(20(14,17)18)2-3-11(10)13/h2-3,6-8H,4-5H2,1H3,(H,15,16)(H2,14,17,18). The zero-order valence-electron chi connectivity index (χ0n) is 10.8. The van der Waals surface area contributed by atoms with Gasteiger partial charge in [0.15, 0.2) is 0 Å². The summed E-state index contributed by atoms with van der Waals surface area (Å²) < 4.78 is 41.1. The first kappa shape index (κ1) is 14.9. The van der Waals surface area contributed by atoms with Gasteiger partial charge in [0, 0.05) is 13.2 Å². The van der Waals surface area contributed by atoms with Crippen LogP contribution in [-0.4, -0.2) is 33.6 Å². The molecular formula is C12H15FN2O4S. The Labute approximate surface area is 116 Å². The smallest absolute Gasteiger partial charge is 0.254 e. The number of methoxy groups -OCH3 is 1. The first-order valence-corrected chi connectivity index (χ1v) is 7.52. The van der Waals surface area contributed by atoms with E-state index < -0.39 is 21.7 Å². The Morgan fingerprint density at radius 2 is 2.10 bits per heavy atom. The molecule has 0 spiro atoms. The molecule has 0 aliphatic heterocycles. The Balaban J connectivity index is 2.14. The maximum absolute atomic E-state index is 13.6. The highest BCUT2D eigenvalue weighted by Crippen LogP contribution is 2.23. The molecule has 8 heteroatoms. The second-order valence-electron chi connectivity index (χ2n) is 4.69. The molecule has 0 unspecified atom stereocenters. The largest absolute Gasteiger partial charge is 0.381 e. The van der Waals surface area contributed by atoms with Gasteiger partial charge in [-0.05, 0) is 31.0 Å². The van der Waals surface area contributed by atoms with Crippen molar-refractivity contribution >= 4 is 15.9 Å². The fraction of sp³-hybridized carbons (Fsp3) is 0.417. The van der Waals surface area contributed by atoms with Crippen LogP contribution in [0.1, 0.15) is 23.2 Å². The second-order valence-corrected chi connectivity index (χ2v) is 6.25. The Morgan fingerprint density at radius 1 is 1.45 bits per heavy atom. The number of carbonyl (C=O) groups is 1. The van der Waals surface area contributed by atoms with Gasteiger partial charge in [-0.15, -0.1) is 0 Å². The number of sulfonamides is 1. The molecule has 0 heterocycles. The molecule has 1 aliphatic carbocycles. The molecule has 0 bridgehead atoms. The van der Waals surface area contributed by atoms with E-state index in [4.69, 9.17) is 9.88 Å². The first-order valence-electron chi connectivity index (χ1n) is 5.97. The Hall–Kier alpha value is -1.51. The summed E-state index contributed by atoms with van der Waals surface area (Å²) in [7, 11) is -2.39. The Kier molecular flexibility index (Phi) is 4.07. The predicted octanol–water partition coefficient (Wildman–Crippen LogP) is 0.380. The number of amides is 1. The van der Waals surface area contributed by atoms with Crippen molar-refractivity contribution < 1.29 is 22.3 Å². The number of benzene rings is 1. The summed E-state index contributed by atoms with van der Waals surface area (Å²) in [5.74, 6) is -1.45. The second kappa shape index (κ2) is 5.47. The van der Waals surface area contributed by atoms with Gasteiger partial charge in [0.25, 0.3) is 5.91 Å². The van der Waals surface area contributed by atoms with Crippen LogP contribution in [0, 0.1) is 5.82 Å². The van der Waals surface area contributed by atoms with Gasteiger partial charge >= 0.3 is 0 Å². The van der Waals surface area contributed by atoms with Gasteiger partial charge in [-0.3, -0.25) is 4.79 Å². The summed E-state index contributed by atoms with van der Waals surface area (Å²) in [6.45, 7) is 0. The molecule has 110 valence electrons. The van der Waals surface area contributed by atoms with Crippen molar-refractivity contribution in [2.45, 2.75) is 29.9 Å². The number of halogens is 1. The van der Waals surface area contributed by atoms with Gasteiger partial charge in [-0.1, -0.05) is 0 Å². The van der Waals surface area contributed by atoms with E-state index in [1.807, 2.05) is 0 Å². The molecule has 20 heavy (non-hydrogen) atoms. The van der Waals surface area contributed by atoms with E-state index >= 15 is 0 Å². The normalized spacial score (nSPS) is 22.1. The number of carbonyl (C=O) groups excluding carboxylic acids is 1. The summed E-state index contributed by atoms with van der Waals surface area (Å²) in [4.78, 5) is 11.6. The highest BCUT2D eigenvalue weighted by Gasteiger charge is 2.31. The average molecular weight is 302 g/mol. The molecule has 0 saturated heterocycles.